The molecule has 0 atom stereocenters. The number of hydrogen-bond acceptors (Lipinski definition) is 5. The Morgan fingerprint density at radius 3 is 2.91 bits per heavy atom. The van der Waals surface area contributed by atoms with Gasteiger partial charge in [-0.2, -0.15) is 5.10 Å². The van der Waals surface area contributed by atoms with Crippen LogP contribution in [0.25, 0.3) is 5.52 Å². The second kappa shape index (κ2) is 6.21. The second-order valence-electron chi connectivity index (χ2n) is 4.97. The van der Waals surface area contributed by atoms with E-state index in [1.807, 2.05) is 18.4 Å². The van der Waals surface area contributed by atoms with Gasteiger partial charge in [0.15, 0.2) is 0 Å². The number of ether oxygens (including phenoxy) is 1. The molecular weight excluding hydrogens is 314 g/mol. The van der Waals surface area contributed by atoms with Crippen molar-refractivity contribution in [1.29, 1.82) is 0 Å². The number of aryl methyl sites for hydroxylation is 1. The van der Waals surface area contributed by atoms with Crippen LogP contribution in [0.5, 0.6) is 0 Å². The van der Waals surface area contributed by atoms with Gasteiger partial charge in [-0.25, -0.2) is 9.31 Å². The fourth-order valence-electron chi connectivity index (χ4n) is 2.17. The fraction of sp³-hybridized carbons (Fsp3) is 0.188. The van der Waals surface area contributed by atoms with E-state index < -0.39 is 5.97 Å². The summed E-state index contributed by atoms with van der Waals surface area (Å²) in [7, 11) is 0. The van der Waals surface area contributed by atoms with Crippen molar-refractivity contribution in [3.8, 4) is 0 Å². The molecular formula is C16H15N3O3S. The van der Waals surface area contributed by atoms with Crippen LogP contribution >= 0.6 is 11.3 Å². The van der Waals surface area contributed by atoms with Crippen molar-refractivity contribution in [2.24, 2.45) is 0 Å². The quantitative estimate of drug-likeness (QED) is 0.746. The summed E-state index contributed by atoms with van der Waals surface area (Å²) in [6, 6.07) is 5.27. The highest BCUT2D eigenvalue weighted by Gasteiger charge is 2.15. The highest BCUT2D eigenvalue weighted by Crippen LogP contribution is 2.19. The fourth-order valence-corrected chi connectivity index (χ4v) is 2.96. The number of rotatable bonds is 4. The van der Waals surface area contributed by atoms with Crippen LogP contribution in [0.2, 0.25) is 0 Å². The molecule has 0 aliphatic carbocycles. The van der Waals surface area contributed by atoms with E-state index in [2.05, 4.69) is 10.4 Å². The maximum absolute atomic E-state index is 12.2. The number of carbonyl (C=O) groups is 2. The maximum Gasteiger partial charge on any atom is 0.341 e. The SMILES string of the molecule is CCOC(=O)c1cnn2ccc(NC(=O)c3cc(C)cs3)cc12. The number of nitrogens with one attached hydrogen (secondary N) is 1. The van der Waals surface area contributed by atoms with Crippen LogP contribution in [0.15, 0.2) is 36.0 Å². The Balaban J connectivity index is 1.88. The summed E-state index contributed by atoms with van der Waals surface area (Å²) in [5, 5.41) is 8.86. The van der Waals surface area contributed by atoms with Crippen LogP contribution in [-0.2, 0) is 4.74 Å². The zero-order valence-electron chi connectivity index (χ0n) is 12.7. The monoisotopic (exact) mass is 329 g/mol. The summed E-state index contributed by atoms with van der Waals surface area (Å²) in [5.74, 6) is -0.607. The molecule has 0 bridgehead atoms. The van der Waals surface area contributed by atoms with Gasteiger partial charge in [-0.05, 0) is 43.0 Å². The van der Waals surface area contributed by atoms with E-state index in [0.717, 1.165) is 5.56 Å². The molecule has 3 rings (SSSR count). The second-order valence-corrected chi connectivity index (χ2v) is 5.88. The number of nitrogens with zero attached hydrogens (tertiary/aromatic N) is 2. The number of fused-ring (bicyclic) bond motifs is 1. The van der Waals surface area contributed by atoms with Gasteiger partial charge in [-0.1, -0.05) is 0 Å². The summed E-state index contributed by atoms with van der Waals surface area (Å²) < 4.78 is 6.58. The summed E-state index contributed by atoms with van der Waals surface area (Å²) in [6.45, 7) is 3.99. The zero-order chi connectivity index (χ0) is 16.4. The third kappa shape index (κ3) is 3.09. The predicted molar refractivity (Wildman–Crippen MR) is 88.2 cm³/mol. The average molecular weight is 329 g/mol. The lowest BCUT2D eigenvalue weighted by atomic mass is 10.2. The number of thiophene rings is 1. The molecule has 0 unspecified atom stereocenters. The first-order chi connectivity index (χ1) is 11.1. The van der Waals surface area contributed by atoms with Crippen molar-refractivity contribution in [2.75, 3.05) is 11.9 Å². The minimum absolute atomic E-state index is 0.176. The van der Waals surface area contributed by atoms with E-state index in [1.54, 1.807) is 29.8 Å². The van der Waals surface area contributed by atoms with Gasteiger partial charge < -0.3 is 10.1 Å². The topological polar surface area (TPSA) is 72.7 Å². The Hall–Kier alpha value is -2.67. The van der Waals surface area contributed by atoms with Crippen LogP contribution in [0.1, 0.15) is 32.5 Å². The third-order valence-corrected chi connectivity index (χ3v) is 4.28. The largest absolute Gasteiger partial charge is 0.462 e. The highest BCUT2D eigenvalue weighted by molar-refractivity contribution is 7.12. The first kappa shape index (κ1) is 15.2. The summed E-state index contributed by atoms with van der Waals surface area (Å²) in [6.07, 6.45) is 3.15. The van der Waals surface area contributed by atoms with Crippen LogP contribution in [0, 0.1) is 6.92 Å². The van der Waals surface area contributed by atoms with Crippen LogP contribution in [0.3, 0.4) is 0 Å². The number of esters is 1. The number of hydrogen-bond donors (Lipinski definition) is 1. The van der Waals surface area contributed by atoms with Gasteiger partial charge in [0, 0.05) is 11.9 Å². The molecule has 0 saturated heterocycles. The summed E-state index contributed by atoms with van der Waals surface area (Å²) in [4.78, 5) is 24.8. The normalized spacial score (nSPS) is 10.7. The number of anilines is 1. The molecule has 0 aromatic carbocycles. The Morgan fingerprint density at radius 2 is 2.22 bits per heavy atom. The third-order valence-electron chi connectivity index (χ3n) is 3.23. The smallest absolute Gasteiger partial charge is 0.341 e. The number of aromatic nitrogens is 2. The zero-order valence-corrected chi connectivity index (χ0v) is 13.5. The van der Waals surface area contributed by atoms with Gasteiger partial charge in [0.2, 0.25) is 0 Å². The van der Waals surface area contributed by atoms with Crippen molar-refractivity contribution in [2.45, 2.75) is 13.8 Å². The van der Waals surface area contributed by atoms with Crippen LogP contribution in [0.4, 0.5) is 5.69 Å². The average Bonchev–Trinajstić information content (AvgIpc) is 3.13. The lowest BCUT2D eigenvalue weighted by molar-refractivity contribution is 0.0528. The first-order valence-corrected chi connectivity index (χ1v) is 7.97. The lowest BCUT2D eigenvalue weighted by Gasteiger charge is -2.05. The minimum Gasteiger partial charge on any atom is -0.462 e. The van der Waals surface area contributed by atoms with Crippen molar-refractivity contribution in [1.82, 2.24) is 9.61 Å². The minimum atomic E-state index is -0.431. The number of amides is 1. The standard InChI is InChI=1S/C16H15N3O3S/c1-3-22-16(21)12-8-17-19-5-4-11(7-13(12)19)18-15(20)14-6-10(2)9-23-14/h4-9H,3H2,1-2H3,(H,18,20). The molecule has 118 valence electrons. The van der Waals surface area contributed by atoms with Crippen molar-refractivity contribution in [3.63, 3.8) is 0 Å². The molecule has 7 heteroatoms. The summed E-state index contributed by atoms with van der Waals surface area (Å²) >= 11 is 1.39. The van der Waals surface area contributed by atoms with E-state index in [0.29, 0.717) is 28.3 Å². The van der Waals surface area contributed by atoms with Crippen LogP contribution < -0.4 is 5.32 Å². The first-order valence-electron chi connectivity index (χ1n) is 7.09. The molecule has 3 heterocycles. The Labute approximate surface area is 136 Å². The molecule has 0 radical (unpaired) electrons. The summed E-state index contributed by atoms with van der Waals surface area (Å²) in [5.41, 5.74) is 2.61. The Kier molecular flexibility index (Phi) is 4.12. The number of carbonyl (C=O) groups excluding carboxylic acids is 2. The van der Waals surface area contributed by atoms with E-state index >= 15 is 0 Å². The molecule has 6 nitrogen and oxygen atoms in total. The Morgan fingerprint density at radius 1 is 1.39 bits per heavy atom. The lowest BCUT2D eigenvalue weighted by Crippen LogP contribution is -2.10. The van der Waals surface area contributed by atoms with Crippen molar-refractivity contribution < 1.29 is 14.3 Å². The molecule has 23 heavy (non-hydrogen) atoms. The van der Waals surface area contributed by atoms with Gasteiger partial charge >= 0.3 is 5.97 Å². The maximum atomic E-state index is 12.2. The van der Waals surface area contributed by atoms with E-state index in [9.17, 15) is 9.59 Å². The molecule has 0 saturated carbocycles. The predicted octanol–water partition coefficient (Wildman–Crippen LogP) is 3.13. The molecule has 0 fully saturated rings. The van der Waals surface area contributed by atoms with Gasteiger partial charge in [-0.15, -0.1) is 11.3 Å². The van der Waals surface area contributed by atoms with E-state index in [1.165, 1.54) is 17.5 Å². The number of pyridine rings is 1. The van der Waals surface area contributed by atoms with Gasteiger partial charge in [0.1, 0.15) is 5.56 Å². The van der Waals surface area contributed by atoms with E-state index in [4.69, 9.17) is 4.74 Å². The molecule has 3 aromatic heterocycles. The van der Waals surface area contributed by atoms with Crippen LogP contribution in [-0.4, -0.2) is 28.1 Å². The van der Waals surface area contributed by atoms with Gasteiger partial charge in [-0.3, -0.25) is 4.79 Å². The molecule has 3 aromatic rings. The Bertz CT molecular complexity index is 882. The molecule has 1 amide bonds. The molecule has 0 aliphatic heterocycles. The highest BCUT2D eigenvalue weighted by atomic mass is 32.1. The van der Waals surface area contributed by atoms with Crippen molar-refractivity contribution in [3.05, 3.63) is 52.0 Å². The van der Waals surface area contributed by atoms with E-state index in [-0.39, 0.29) is 5.91 Å². The molecule has 0 spiro atoms. The van der Waals surface area contributed by atoms with Gasteiger partial charge in [0.25, 0.3) is 5.91 Å². The van der Waals surface area contributed by atoms with Gasteiger partial charge in [0.05, 0.1) is 23.2 Å². The van der Waals surface area contributed by atoms with Crippen molar-refractivity contribution >= 4 is 34.4 Å². The molecule has 1 N–H and O–H groups in total. The molecule has 0 aliphatic rings.